The highest BCUT2D eigenvalue weighted by molar-refractivity contribution is 9.10. The molecule has 0 bridgehead atoms. The highest BCUT2D eigenvalue weighted by atomic mass is 79.9. The first-order valence-corrected chi connectivity index (χ1v) is 4.47. The maximum absolute atomic E-state index is 10.4. The van der Waals surface area contributed by atoms with E-state index in [1.54, 1.807) is 18.3 Å². The summed E-state index contributed by atoms with van der Waals surface area (Å²) in [6.07, 6.45) is 1.87. The SMILES string of the molecule is Cl.Cl.NC(Cc1ccc(Br)cn1)C(=O)O. The van der Waals surface area contributed by atoms with Crippen LogP contribution >= 0.6 is 40.7 Å². The van der Waals surface area contributed by atoms with Gasteiger partial charge in [-0.2, -0.15) is 0 Å². The number of carboxylic acids is 1. The lowest BCUT2D eigenvalue weighted by molar-refractivity contribution is -0.138. The molecule has 0 amide bonds. The van der Waals surface area contributed by atoms with Crippen LogP contribution in [0, 0.1) is 0 Å². The Balaban J connectivity index is 0. The van der Waals surface area contributed by atoms with Crippen molar-refractivity contribution >= 4 is 46.7 Å². The molecule has 0 saturated carbocycles. The Kier molecular flexibility index (Phi) is 8.95. The maximum atomic E-state index is 10.4. The average Bonchev–Trinajstić information content (AvgIpc) is 2.08. The second-order valence-corrected chi connectivity index (χ2v) is 3.53. The third-order valence-corrected chi connectivity index (χ3v) is 2.00. The summed E-state index contributed by atoms with van der Waals surface area (Å²) in [7, 11) is 0. The molecule has 1 aromatic heterocycles. The molecule has 1 aromatic rings. The molecule has 0 spiro atoms. The monoisotopic (exact) mass is 316 g/mol. The van der Waals surface area contributed by atoms with Gasteiger partial charge in [-0.3, -0.25) is 9.78 Å². The van der Waals surface area contributed by atoms with Crippen molar-refractivity contribution in [2.45, 2.75) is 12.5 Å². The summed E-state index contributed by atoms with van der Waals surface area (Å²) in [5.74, 6) is -1.01. The summed E-state index contributed by atoms with van der Waals surface area (Å²) in [5, 5.41) is 8.54. The molecule has 3 N–H and O–H groups in total. The lowest BCUT2D eigenvalue weighted by atomic mass is 10.1. The molecule has 0 aliphatic carbocycles. The van der Waals surface area contributed by atoms with Crippen molar-refractivity contribution in [2.75, 3.05) is 0 Å². The van der Waals surface area contributed by atoms with Crippen LogP contribution in [-0.2, 0) is 11.2 Å². The Morgan fingerprint density at radius 1 is 1.53 bits per heavy atom. The van der Waals surface area contributed by atoms with Crippen LogP contribution in [-0.4, -0.2) is 22.1 Å². The number of nitrogens with zero attached hydrogens (tertiary/aromatic N) is 1. The third kappa shape index (κ3) is 5.94. The van der Waals surface area contributed by atoms with Gasteiger partial charge in [0.25, 0.3) is 0 Å². The molecule has 7 heteroatoms. The zero-order valence-corrected chi connectivity index (χ0v) is 10.8. The molecule has 0 radical (unpaired) electrons. The van der Waals surface area contributed by atoms with Crippen LogP contribution < -0.4 is 5.73 Å². The van der Waals surface area contributed by atoms with E-state index in [0.717, 1.165) is 4.47 Å². The zero-order chi connectivity index (χ0) is 9.84. The molecule has 15 heavy (non-hydrogen) atoms. The minimum atomic E-state index is -1.01. The first-order valence-electron chi connectivity index (χ1n) is 3.68. The summed E-state index contributed by atoms with van der Waals surface area (Å²) in [5.41, 5.74) is 6.01. The van der Waals surface area contributed by atoms with Crippen LogP contribution in [0.4, 0.5) is 0 Å². The van der Waals surface area contributed by atoms with Gasteiger partial charge in [0.15, 0.2) is 0 Å². The predicted octanol–water partition coefficient (Wildman–Crippen LogP) is 1.64. The molecule has 0 aromatic carbocycles. The minimum absolute atomic E-state index is 0. The number of aromatic nitrogens is 1. The van der Waals surface area contributed by atoms with Crippen molar-refractivity contribution in [2.24, 2.45) is 5.73 Å². The van der Waals surface area contributed by atoms with Gasteiger partial charge in [0.2, 0.25) is 0 Å². The van der Waals surface area contributed by atoms with Gasteiger partial charge in [-0.1, -0.05) is 0 Å². The molecule has 4 nitrogen and oxygen atoms in total. The molecule has 1 rings (SSSR count). The van der Waals surface area contributed by atoms with E-state index < -0.39 is 12.0 Å². The quantitative estimate of drug-likeness (QED) is 0.888. The van der Waals surface area contributed by atoms with Crippen molar-refractivity contribution in [3.05, 3.63) is 28.5 Å². The van der Waals surface area contributed by atoms with Crippen molar-refractivity contribution in [3.63, 3.8) is 0 Å². The molecule has 0 saturated heterocycles. The van der Waals surface area contributed by atoms with Gasteiger partial charge in [-0.15, -0.1) is 24.8 Å². The smallest absolute Gasteiger partial charge is 0.320 e. The summed E-state index contributed by atoms with van der Waals surface area (Å²) in [6.45, 7) is 0. The molecule has 1 unspecified atom stereocenters. The third-order valence-electron chi connectivity index (χ3n) is 1.53. The lowest BCUT2D eigenvalue weighted by Crippen LogP contribution is -2.32. The molecule has 0 aliphatic rings. The highest BCUT2D eigenvalue weighted by Crippen LogP contribution is 2.08. The van der Waals surface area contributed by atoms with E-state index in [0.29, 0.717) is 5.69 Å². The van der Waals surface area contributed by atoms with E-state index in [1.165, 1.54) is 0 Å². The van der Waals surface area contributed by atoms with Gasteiger partial charge in [0.05, 0.1) is 0 Å². The second-order valence-electron chi connectivity index (χ2n) is 2.62. The number of carboxylic acid groups (broad SMARTS) is 1. The van der Waals surface area contributed by atoms with E-state index >= 15 is 0 Å². The van der Waals surface area contributed by atoms with E-state index in [2.05, 4.69) is 20.9 Å². The topological polar surface area (TPSA) is 76.2 Å². The van der Waals surface area contributed by atoms with Crippen molar-refractivity contribution < 1.29 is 9.90 Å². The molecule has 0 fully saturated rings. The van der Waals surface area contributed by atoms with Gasteiger partial charge in [0, 0.05) is 22.8 Å². The molecule has 1 heterocycles. The Labute approximate surface area is 108 Å². The lowest BCUT2D eigenvalue weighted by Gasteiger charge is -2.04. The molecule has 1 atom stereocenters. The summed E-state index contributed by atoms with van der Waals surface area (Å²) >= 11 is 3.23. The molecule has 0 aliphatic heterocycles. The fraction of sp³-hybridized carbons (Fsp3) is 0.250. The number of nitrogens with two attached hydrogens (primary N) is 1. The van der Waals surface area contributed by atoms with Crippen molar-refractivity contribution in [3.8, 4) is 0 Å². The number of aliphatic carboxylic acids is 1. The van der Waals surface area contributed by atoms with E-state index in [1.807, 2.05) is 0 Å². The number of halogens is 3. The van der Waals surface area contributed by atoms with Gasteiger partial charge in [-0.05, 0) is 28.1 Å². The first kappa shape index (κ1) is 17.0. The molecular formula is C8H11BrCl2N2O2. The van der Waals surface area contributed by atoms with Crippen LogP contribution in [0.1, 0.15) is 5.69 Å². The predicted molar refractivity (Wildman–Crippen MR) is 65.7 cm³/mol. The number of pyridine rings is 1. The normalized spacial score (nSPS) is 10.8. The van der Waals surface area contributed by atoms with Gasteiger partial charge in [0.1, 0.15) is 6.04 Å². The first-order chi connectivity index (χ1) is 6.09. The zero-order valence-electron chi connectivity index (χ0n) is 7.59. The summed E-state index contributed by atoms with van der Waals surface area (Å²) < 4.78 is 0.861. The summed E-state index contributed by atoms with van der Waals surface area (Å²) in [4.78, 5) is 14.4. The number of rotatable bonds is 3. The van der Waals surface area contributed by atoms with Crippen LogP contribution in [0.2, 0.25) is 0 Å². The Morgan fingerprint density at radius 2 is 2.13 bits per heavy atom. The van der Waals surface area contributed by atoms with Crippen LogP contribution in [0.3, 0.4) is 0 Å². The maximum Gasteiger partial charge on any atom is 0.320 e. The van der Waals surface area contributed by atoms with Gasteiger partial charge >= 0.3 is 5.97 Å². The van der Waals surface area contributed by atoms with Gasteiger partial charge in [-0.25, -0.2) is 0 Å². The number of hydrogen-bond donors (Lipinski definition) is 2. The Bertz CT molecular complexity index is 308. The Morgan fingerprint density at radius 3 is 2.53 bits per heavy atom. The fourth-order valence-electron chi connectivity index (χ4n) is 0.840. The van der Waals surface area contributed by atoms with E-state index in [-0.39, 0.29) is 31.2 Å². The van der Waals surface area contributed by atoms with E-state index in [9.17, 15) is 4.79 Å². The second kappa shape index (κ2) is 7.87. The molecule has 86 valence electrons. The number of hydrogen-bond acceptors (Lipinski definition) is 3. The van der Waals surface area contributed by atoms with E-state index in [4.69, 9.17) is 10.8 Å². The van der Waals surface area contributed by atoms with Gasteiger partial charge < -0.3 is 10.8 Å². The van der Waals surface area contributed by atoms with Crippen molar-refractivity contribution in [1.29, 1.82) is 0 Å². The van der Waals surface area contributed by atoms with Crippen LogP contribution in [0.15, 0.2) is 22.8 Å². The average molecular weight is 318 g/mol. The molecular weight excluding hydrogens is 307 g/mol. The standard InChI is InChI=1S/C8H9BrN2O2.2ClH/c9-5-1-2-6(11-4-5)3-7(10)8(12)13;;/h1-2,4,7H,3,10H2,(H,12,13);2*1H. The minimum Gasteiger partial charge on any atom is -0.480 e. The largest absolute Gasteiger partial charge is 0.480 e. The summed E-state index contributed by atoms with van der Waals surface area (Å²) in [6, 6.07) is 2.66. The van der Waals surface area contributed by atoms with Crippen molar-refractivity contribution in [1.82, 2.24) is 4.98 Å². The van der Waals surface area contributed by atoms with Crippen LogP contribution in [0.25, 0.3) is 0 Å². The highest BCUT2D eigenvalue weighted by Gasteiger charge is 2.12. The Hall–Kier alpha value is -0.360. The number of carbonyl (C=O) groups is 1. The fourth-order valence-corrected chi connectivity index (χ4v) is 1.07. The van der Waals surface area contributed by atoms with Crippen LogP contribution in [0.5, 0.6) is 0 Å².